The number of rotatable bonds is 6. The van der Waals surface area contributed by atoms with E-state index < -0.39 is 6.10 Å². The van der Waals surface area contributed by atoms with Crippen molar-refractivity contribution in [1.29, 1.82) is 0 Å². The highest BCUT2D eigenvalue weighted by Gasteiger charge is 2.25. The number of carbonyl (C=O) groups excluding carboxylic acids is 1. The summed E-state index contributed by atoms with van der Waals surface area (Å²) in [4.78, 5) is 16.3. The third-order valence-corrected chi connectivity index (χ3v) is 3.70. The lowest BCUT2D eigenvalue weighted by atomic mass is 10.2. The van der Waals surface area contributed by atoms with Crippen LogP contribution in [-0.4, -0.2) is 72.9 Å². The maximum absolute atomic E-state index is 12.3. The Kier molecular flexibility index (Phi) is 5.78. The maximum Gasteiger partial charge on any atom is 0.289 e. The average Bonchev–Trinajstić information content (AvgIpc) is 2.91. The van der Waals surface area contributed by atoms with E-state index >= 15 is 0 Å². The molecule has 0 spiro atoms. The molecule has 1 atom stereocenters. The molecule has 1 amide bonds. The van der Waals surface area contributed by atoms with Crippen molar-refractivity contribution in [2.24, 2.45) is 0 Å². The number of amides is 1. The van der Waals surface area contributed by atoms with Gasteiger partial charge in [-0.3, -0.25) is 9.69 Å². The quantitative estimate of drug-likeness (QED) is 0.839. The highest BCUT2D eigenvalue weighted by atomic mass is 16.5. The molecule has 6 nitrogen and oxygen atoms in total. The normalized spacial score (nSPS) is 18.0. The summed E-state index contributed by atoms with van der Waals surface area (Å²) in [6.45, 7) is 8.17. The molecule has 0 saturated carbocycles. The average molecular weight is 296 g/mol. The lowest BCUT2D eigenvalue weighted by molar-refractivity contribution is 0.0107. The Morgan fingerprint density at radius 2 is 2.14 bits per heavy atom. The smallest absolute Gasteiger partial charge is 0.289 e. The molecule has 0 radical (unpaired) electrons. The first kappa shape index (κ1) is 16.0. The fraction of sp³-hybridized carbons (Fsp3) is 0.667. The van der Waals surface area contributed by atoms with Gasteiger partial charge in [-0.05, 0) is 19.9 Å². The van der Waals surface area contributed by atoms with Crippen LogP contribution in [-0.2, 0) is 4.74 Å². The number of β-amino-alcohol motifs (C(OH)–C–C–N with tert-alkyl or cyclic N) is 1. The molecule has 0 aromatic carbocycles. The zero-order valence-electron chi connectivity index (χ0n) is 12.7. The van der Waals surface area contributed by atoms with Crippen molar-refractivity contribution >= 4 is 5.91 Å². The Bertz CT molecular complexity index is 452. The van der Waals surface area contributed by atoms with Gasteiger partial charge in [0.05, 0.1) is 19.0 Å². The van der Waals surface area contributed by atoms with E-state index in [1.54, 1.807) is 17.2 Å². The van der Waals surface area contributed by atoms with Gasteiger partial charge >= 0.3 is 0 Å². The number of carbonyl (C=O) groups is 1. The van der Waals surface area contributed by atoms with E-state index in [1.165, 1.54) is 0 Å². The summed E-state index contributed by atoms with van der Waals surface area (Å²) in [5.41, 5.74) is 0.870. The summed E-state index contributed by atoms with van der Waals surface area (Å²) < 4.78 is 10.5. The van der Waals surface area contributed by atoms with Crippen LogP contribution in [0.5, 0.6) is 0 Å². The number of hydrogen-bond donors (Lipinski definition) is 1. The Morgan fingerprint density at radius 3 is 2.71 bits per heavy atom. The zero-order valence-corrected chi connectivity index (χ0v) is 12.7. The van der Waals surface area contributed by atoms with Gasteiger partial charge in [0.2, 0.25) is 0 Å². The lowest BCUT2D eigenvalue weighted by Crippen LogP contribution is -2.50. The van der Waals surface area contributed by atoms with E-state index in [0.717, 1.165) is 18.7 Å². The minimum absolute atomic E-state index is 0.0491. The van der Waals surface area contributed by atoms with Gasteiger partial charge in [0, 0.05) is 44.9 Å². The number of piperazine rings is 1. The van der Waals surface area contributed by atoms with Crippen molar-refractivity contribution in [3.05, 3.63) is 23.7 Å². The predicted molar refractivity (Wildman–Crippen MR) is 78.3 cm³/mol. The second-order valence-corrected chi connectivity index (χ2v) is 5.34. The molecule has 2 heterocycles. The summed E-state index contributed by atoms with van der Waals surface area (Å²) in [5, 5.41) is 9.83. The van der Waals surface area contributed by atoms with Gasteiger partial charge in [0.25, 0.3) is 5.91 Å². The second kappa shape index (κ2) is 7.59. The van der Waals surface area contributed by atoms with E-state index in [9.17, 15) is 9.90 Å². The van der Waals surface area contributed by atoms with E-state index in [-0.39, 0.29) is 5.91 Å². The van der Waals surface area contributed by atoms with E-state index in [2.05, 4.69) is 4.90 Å². The fourth-order valence-corrected chi connectivity index (χ4v) is 2.47. The van der Waals surface area contributed by atoms with Gasteiger partial charge in [-0.2, -0.15) is 0 Å². The SMILES string of the molecule is CCOC[C@@H](O)CN1CCN(C(=O)c2occc2C)CC1. The van der Waals surface area contributed by atoms with Crippen LogP contribution in [0.2, 0.25) is 0 Å². The Labute approximate surface area is 125 Å². The van der Waals surface area contributed by atoms with Crippen LogP contribution in [0.25, 0.3) is 0 Å². The fourth-order valence-electron chi connectivity index (χ4n) is 2.47. The summed E-state index contributed by atoms with van der Waals surface area (Å²) >= 11 is 0. The molecular formula is C15H24N2O4. The molecule has 1 aromatic rings. The molecule has 1 saturated heterocycles. The molecule has 6 heteroatoms. The van der Waals surface area contributed by atoms with Crippen LogP contribution in [0.4, 0.5) is 0 Å². The molecular weight excluding hydrogens is 272 g/mol. The predicted octanol–water partition coefficient (Wildman–Crippen LogP) is 0.743. The van der Waals surface area contributed by atoms with Crippen molar-refractivity contribution < 1.29 is 19.1 Å². The third kappa shape index (κ3) is 4.30. The summed E-state index contributed by atoms with van der Waals surface area (Å²) in [6.07, 6.45) is 1.07. The van der Waals surface area contributed by atoms with Gasteiger partial charge < -0.3 is 19.2 Å². The minimum Gasteiger partial charge on any atom is -0.459 e. The monoisotopic (exact) mass is 296 g/mol. The number of ether oxygens (including phenoxy) is 1. The number of nitrogens with zero attached hydrogens (tertiary/aromatic N) is 2. The number of hydrogen-bond acceptors (Lipinski definition) is 5. The van der Waals surface area contributed by atoms with Crippen molar-refractivity contribution in [2.45, 2.75) is 20.0 Å². The summed E-state index contributed by atoms with van der Waals surface area (Å²) in [6, 6.07) is 1.80. The first-order chi connectivity index (χ1) is 10.1. The molecule has 0 aliphatic carbocycles. The molecule has 0 unspecified atom stereocenters. The van der Waals surface area contributed by atoms with E-state index in [0.29, 0.717) is 38.6 Å². The van der Waals surface area contributed by atoms with Gasteiger partial charge in [-0.25, -0.2) is 0 Å². The van der Waals surface area contributed by atoms with Gasteiger partial charge in [0.1, 0.15) is 0 Å². The Balaban J connectivity index is 1.78. The summed E-state index contributed by atoms with van der Waals surface area (Å²) in [5.74, 6) is 0.381. The molecule has 1 N–H and O–H groups in total. The molecule has 1 aliphatic rings. The minimum atomic E-state index is -0.473. The zero-order chi connectivity index (χ0) is 15.2. The molecule has 2 rings (SSSR count). The highest BCUT2D eigenvalue weighted by Crippen LogP contribution is 2.14. The first-order valence-corrected chi connectivity index (χ1v) is 7.43. The van der Waals surface area contributed by atoms with E-state index in [4.69, 9.17) is 9.15 Å². The number of aliphatic hydroxyl groups excluding tert-OH is 1. The largest absolute Gasteiger partial charge is 0.459 e. The molecule has 1 aliphatic heterocycles. The third-order valence-electron chi connectivity index (χ3n) is 3.70. The lowest BCUT2D eigenvalue weighted by Gasteiger charge is -2.35. The number of furan rings is 1. The van der Waals surface area contributed by atoms with Gasteiger partial charge in [-0.15, -0.1) is 0 Å². The van der Waals surface area contributed by atoms with Crippen molar-refractivity contribution in [3.8, 4) is 0 Å². The maximum atomic E-state index is 12.3. The van der Waals surface area contributed by atoms with E-state index in [1.807, 2.05) is 13.8 Å². The highest BCUT2D eigenvalue weighted by molar-refractivity contribution is 5.92. The van der Waals surface area contributed by atoms with Gasteiger partial charge in [0.15, 0.2) is 5.76 Å². The molecule has 1 fully saturated rings. The van der Waals surface area contributed by atoms with Crippen LogP contribution in [0.1, 0.15) is 23.0 Å². The molecule has 0 bridgehead atoms. The van der Waals surface area contributed by atoms with Crippen LogP contribution in [0.15, 0.2) is 16.7 Å². The van der Waals surface area contributed by atoms with Crippen LogP contribution < -0.4 is 0 Å². The second-order valence-electron chi connectivity index (χ2n) is 5.34. The molecule has 21 heavy (non-hydrogen) atoms. The molecule has 1 aromatic heterocycles. The number of aryl methyl sites for hydroxylation is 1. The van der Waals surface area contributed by atoms with Crippen molar-refractivity contribution in [2.75, 3.05) is 45.9 Å². The molecule has 118 valence electrons. The Morgan fingerprint density at radius 1 is 1.43 bits per heavy atom. The number of aliphatic hydroxyl groups is 1. The van der Waals surface area contributed by atoms with Crippen LogP contribution in [0.3, 0.4) is 0 Å². The van der Waals surface area contributed by atoms with Crippen LogP contribution in [0, 0.1) is 6.92 Å². The standard InChI is InChI=1S/C15H24N2O4/c1-3-20-11-13(18)10-16-5-7-17(8-6-16)15(19)14-12(2)4-9-21-14/h4,9,13,18H,3,5-8,10-11H2,1-2H3/t13-/m0/s1. The topological polar surface area (TPSA) is 66.2 Å². The van der Waals surface area contributed by atoms with Crippen LogP contribution >= 0.6 is 0 Å². The first-order valence-electron chi connectivity index (χ1n) is 7.43. The van der Waals surface area contributed by atoms with Crippen molar-refractivity contribution in [3.63, 3.8) is 0 Å². The van der Waals surface area contributed by atoms with Gasteiger partial charge in [-0.1, -0.05) is 0 Å². The van der Waals surface area contributed by atoms with Crippen molar-refractivity contribution in [1.82, 2.24) is 9.80 Å². The summed E-state index contributed by atoms with van der Waals surface area (Å²) in [7, 11) is 0. The Hall–Kier alpha value is -1.37.